The summed E-state index contributed by atoms with van der Waals surface area (Å²) in [6.45, 7) is 3.31. The molecule has 0 fully saturated rings. The summed E-state index contributed by atoms with van der Waals surface area (Å²) >= 11 is 0. The van der Waals surface area contributed by atoms with Crippen LogP contribution < -0.4 is 5.32 Å². The summed E-state index contributed by atoms with van der Waals surface area (Å²) in [5.74, 6) is -1.02. The number of aryl methyl sites for hydroxylation is 1. The molecule has 6 heteroatoms. The standard InChI is InChI=1S/C15H14F2N2O2/c1-9-7-12(4-6-15(9)19(20)21)18-10(2)13-8-11(16)3-5-14(13)17/h3-8,10,18H,1-2H3. The van der Waals surface area contributed by atoms with Gasteiger partial charge < -0.3 is 5.32 Å². The van der Waals surface area contributed by atoms with Gasteiger partial charge in [0.2, 0.25) is 0 Å². The van der Waals surface area contributed by atoms with E-state index in [2.05, 4.69) is 5.32 Å². The number of hydrogen-bond donors (Lipinski definition) is 1. The Bertz CT molecular complexity index is 689. The first-order chi connectivity index (χ1) is 9.88. The molecule has 0 aliphatic rings. The SMILES string of the molecule is Cc1cc(NC(C)c2cc(F)ccc2F)ccc1[N+](=O)[O-]. The van der Waals surface area contributed by atoms with E-state index in [1.807, 2.05) is 0 Å². The molecular formula is C15H14F2N2O2. The molecule has 0 amide bonds. The van der Waals surface area contributed by atoms with Crippen molar-refractivity contribution in [3.63, 3.8) is 0 Å². The molecule has 2 aromatic rings. The zero-order valence-electron chi connectivity index (χ0n) is 11.6. The summed E-state index contributed by atoms with van der Waals surface area (Å²) in [5, 5.41) is 13.8. The van der Waals surface area contributed by atoms with Gasteiger partial charge in [-0.2, -0.15) is 0 Å². The zero-order chi connectivity index (χ0) is 15.6. The number of anilines is 1. The molecule has 0 aliphatic carbocycles. The molecule has 2 aromatic carbocycles. The Kier molecular flexibility index (Phi) is 4.16. The van der Waals surface area contributed by atoms with Crippen LogP contribution in [-0.4, -0.2) is 4.92 Å². The summed E-state index contributed by atoms with van der Waals surface area (Å²) in [4.78, 5) is 10.3. The second kappa shape index (κ2) is 5.87. The summed E-state index contributed by atoms with van der Waals surface area (Å²) in [7, 11) is 0. The van der Waals surface area contributed by atoms with E-state index in [9.17, 15) is 18.9 Å². The minimum absolute atomic E-state index is 0.0186. The normalized spacial score (nSPS) is 12.0. The Morgan fingerprint density at radius 3 is 2.52 bits per heavy atom. The Morgan fingerprint density at radius 2 is 1.90 bits per heavy atom. The summed E-state index contributed by atoms with van der Waals surface area (Å²) < 4.78 is 26.9. The third-order valence-electron chi connectivity index (χ3n) is 3.20. The highest BCUT2D eigenvalue weighted by atomic mass is 19.1. The first kappa shape index (κ1) is 14.9. The third kappa shape index (κ3) is 3.34. The van der Waals surface area contributed by atoms with Gasteiger partial charge in [-0.1, -0.05) is 0 Å². The number of nitrogens with one attached hydrogen (secondary N) is 1. The van der Waals surface area contributed by atoms with Crippen molar-refractivity contribution in [3.8, 4) is 0 Å². The average molecular weight is 292 g/mol. The van der Waals surface area contributed by atoms with Crippen LogP contribution in [0.25, 0.3) is 0 Å². The van der Waals surface area contributed by atoms with Crippen molar-refractivity contribution < 1.29 is 13.7 Å². The molecule has 0 aliphatic heterocycles. The van der Waals surface area contributed by atoms with Crippen LogP contribution in [0.5, 0.6) is 0 Å². The largest absolute Gasteiger partial charge is 0.378 e. The predicted octanol–water partition coefficient (Wildman–Crippen LogP) is 4.35. The van der Waals surface area contributed by atoms with Crippen LogP contribution in [0.15, 0.2) is 36.4 Å². The van der Waals surface area contributed by atoms with Gasteiger partial charge in [0.1, 0.15) is 11.6 Å². The van der Waals surface area contributed by atoms with Crippen molar-refractivity contribution in [3.05, 3.63) is 69.3 Å². The summed E-state index contributed by atoms with van der Waals surface area (Å²) in [6, 6.07) is 7.31. The van der Waals surface area contributed by atoms with Crippen LogP contribution in [0, 0.1) is 28.7 Å². The quantitative estimate of drug-likeness (QED) is 0.673. The predicted molar refractivity (Wildman–Crippen MR) is 76.2 cm³/mol. The van der Waals surface area contributed by atoms with E-state index < -0.39 is 22.6 Å². The molecule has 110 valence electrons. The van der Waals surface area contributed by atoms with E-state index in [0.29, 0.717) is 11.3 Å². The smallest absolute Gasteiger partial charge is 0.272 e. The zero-order valence-corrected chi connectivity index (χ0v) is 11.6. The van der Waals surface area contributed by atoms with Crippen LogP contribution in [0.1, 0.15) is 24.1 Å². The lowest BCUT2D eigenvalue weighted by molar-refractivity contribution is -0.385. The number of nitrogens with zero attached hydrogens (tertiary/aromatic N) is 1. The average Bonchev–Trinajstić information content (AvgIpc) is 2.41. The summed E-state index contributed by atoms with van der Waals surface area (Å²) in [5.41, 5.74) is 1.32. The van der Waals surface area contributed by atoms with Gasteiger partial charge in [-0.05, 0) is 44.2 Å². The van der Waals surface area contributed by atoms with Crippen molar-refractivity contribution in [1.82, 2.24) is 0 Å². The van der Waals surface area contributed by atoms with E-state index in [1.54, 1.807) is 26.0 Å². The molecule has 0 heterocycles. The van der Waals surface area contributed by atoms with E-state index >= 15 is 0 Å². The lowest BCUT2D eigenvalue weighted by Gasteiger charge is -2.17. The lowest BCUT2D eigenvalue weighted by Crippen LogP contribution is -2.09. The highest BCUT2D eigenvalue weighted by Crippen LogP contribution is 2.26. The van der Waals surface area contributed by atoms with Crippen LogP contribution in [-0.2, 0) is 0 Å². The first-order valence-electron chi connectivity index (χ1n) is 6.35. The van der Waals surface area contributed by atoms with Crippen LogP contribution in [0.4, 0.5) is 20.2 Å². The van der Waals surface area contributed by atoms with Crippen molar-refractivity contribution in [2.24, 2.45) is 0 Å². The molecule has 21 heavy (non-hydrogen) atoms. The van der Waals surface area contributed by atoms with Gasteiger partial charge in [-0.25, -0.2) is 8.78 Å². The fraction of sp³-hybridized carbons (Fsp3) is 0.200. The molecule has 0 radical (unpaired) electrons. The number of benzene rings is 2. The maximum Gasteiger partial charge on any atom is 0.272 e. The van der Waals surface area contributed by atoms with Gasteiger partial charge in [0, 0.05) is 22.9 Å². The van der Waals surface area contributed by atoms with Gasteiger partial charge >= 0.3 is 0 Å². The molecule has 0 saturated heterocycles. The van der Waals surface area contributed by atoms with Gasteiger partial charge in [0.25, 0.3) is 5.69 Å². The van der Waals surface area contributed by atoms with Gasteiger partial charge in [0.15, 0.2) is 0 Å². The molecule has 1 atom stereocenters. The number of nitro groups is 1. The fourth-order valence-electron chi connectivity index (χ4n) is 2.12. The second-order valence-electron chi connectivity index (χ2n) is 4.79. The van der Waals surface area contributed by atoms with Crippen molar-refractivity contribution in [2.75, 3.05) is 5.32 Å². The molecule has 1 N–H and O–H groups in total. The topological polar surface area (TPSA) is 55.2 Å². The molecule has 1 unspecified atom stereocenters. The molecular weight excluding hydrogens is 278 g/mol. The number of hydrogen-bond acceptors (Lipinski definition) is 3. The monoisotopic (exact) mass is 292 g/mol. The van der Waals surface area contributed by atoms with Crippen LogP contribution >= 0.6 is 0 Å². The molecule has 4 nitrogen and oxygen atoms in total. The van der Waals surface area contributed by atoms with E-state index in [4.69, 9.17) is 0 Å². The van der Waals surface area contributed by atoms with Crippen LogP contribution in [0.2, 0.25) is 0 Å². The Morgan fingerprint density at radius 1 is 1.19 bits per heavy atom. The summed E-state index contributed by atoms with van der Waals surface area (Å²) in [6.07, 6.45) is 0. The van der Waals surface area contributed by atoms with E-state index in [0.717, 1.165) is 18.2 Å². The maximum absolute atomic E-state index is 13.7. The molecule has 0 spiro atoms. The fourth-order valence-corrected chi connectivity index (χ4v) is 2.12. The van der Waals surface area contributed by atoms with Gasteiger partial charge in [-0.3, -0.25) is 10.1 Å². The van der Waals surface area contributed by atoms with Crippen molar-refractivity contribution >= 4 is 11.4 Å². The highest BCUT2D eigenvalue weighted by molar-refractivity contribution is 5.54. The molecule has 0 bridgehead atoms. The molecule has 0 aromatic heterocycles. The molecule has 0 saturated carbocycles. The third-order valence-corrected chi connectivity index (χ3v) is 3.20. The van der Waals surface area contributed by atoms with Crippen LogP contribution in [0.3, 0.4) is 0 Å². The number of rotatable bonds is 4. The van der Waals surface area contributed by atoms with Crippen molar-refractivity contribution in [1.29, 1.82) is 0 Å². The first-order valence-corrected chi connectivity index (χ1v) is 6.35. The van der Waals surface area contributed by atoms with Gasteiger partial charge in [0.05, 0.1) is 11.0 Å². The van der Waals surface area contributed by atoms with E-state index in [-0.39, 0.29) is 11.3 Å². The minimum atomic E-state index is -0.514. The maximum atomic E-state index is 13.7. The Hall–Kier alpha value is -2.50. The highest BCUT2D eigenvalue weighted by Gasteiger charge is 2.14. The molecule has 2 rings (SSSR count). The minimum Gasteiger partial charge on any atom is -0.378 e. The van der Waals surface area contributed by atoms with E-state index in [1.165, 1.54) is 6.07 Å². The Balaban J connectivity index is 2.23. The lowest BCUT2D eigenvalue weighted by atomic mass is 10.1. The second-order valence-corrected chi connectivity index (χ2v) is 4.79. The van der Waals surface area contributed by atoms with Gasteiger partial charge in [-0.15, -0.1) is 0 Å². The number of nitro benzene ring substituents is 1. The Labute approximate surface area is 120 Å². The number of halogens is 2. The van der Waals surface area contributed by atoms with Crippen molar-refractivity contribution in [2.45, 2.75) is 19.9 Å².